The van der Waals surface area contributed by atoms with Crippen LogP contribution in [-0.4, -0.2) is 35.3 Å². The second-order valence-electron chi connectivity index (χ2n) is 4.08. The van der Waals surface area contributed by atoms with Gasteiger partial charge in [0.15, 0.2) is 10.4 Å². The minimum atomic E-state index is 0.648. The van der Waals surface area contributed by atoms with E-state index in [0.29, 0.717) is 16.2 Å². The molecule has 0 atom stereocenters. The van der Waals surface area contributed by atoms with Crippen LogP contribution in [0.25, 0.3) is 11.5 Å². The monoisotopic (exact) mass is 298 g/mol. The van der Waals surface area contributed by atoms with Crippen LogP contribution in [0.5, 0.6) is 0 Å². The van der Waals surface area contributed by atoms with Crippen LogP contribution in [-0.2, 0) is 6.54 Å². The van der Waals surface area contributed by atoms with E-state index in [-0.39, 0.29) is 0 Å². The first-order valence-corrected chi connectivity index (χ1v) is 6.09. The van der Waals surface area contributed by atoms with Gasteiger partial charge >= 0.3 is 0 Å². The Morgan fingerprint density at radius 3 is 2.82 bits per heavy atom. The zero-order valence-corrected chi connectivity index (χ0v) is 11.4. The maximum Gasteiger partial charge on any atom is 0.169 e. The summed E-state index contributed by atoms with van der Waals surface area (Å²) in [6.07, 6.45) is 0. The zero-order valence-electron chi connectivity index (χ0n) is 9.85. The van der Waals surface area contributed by atoms with E-state index in [0.717, 1.165) is 18.8 Å². The molecule has 2 heterocycles. The molecule has 6 heteroatoms. The summed E-state index contributed by atoms with van der Waals surface area (Å²) in [7, 11) is 4.04. The maximum absolute atomic E-state index is 5.90. The predicted molar refractivity (Wildman–Crippen MR) is 70.6 cm³/mol. The molecule has 0 unspecified atom stereocenters. The molecule has 17 heavy (non-hydrogen) atoms. The van der Waals surface area contributed by atoms with Crippen molar-refractivity contribution in [1.82, 2.24) is 14.7 Å². The Morgan fingerprint density at radius 2 is 2.24 bits per heavy atom. The van der Waals surface area contributed by atoms with Crippen molar-refractivity contribution in [3.63, 3.8) is 0 Å². The Kier molecular flexibility index (Phi) is 3.54. The van der Waals surface area contributed by atoms with Gasteiger partial charge in [0, 0.05) is 12.6 Å². The lowest BCUT2D eigenvalue weighted by molar-refractivity contribution is 0.375. The van der Waals surface area contributed by atoms with Crippen molar-refractivity contribution in [1.29, 1.82) is 0 Å². The molecule has 0 spiro atoms. The number of hydrogen-bond donors (Lipinski definition) is 1. The van der Waals surface area contributed by atoms with Gasteiger partial charge in [0.1, 0.15) is 11.5 Å². The fourth-order valence-corrected chi connectivity index (χ4v) is 1.78. The third-order valence-corrected chi connectivity index (χ3v) is 2.82. The first-order chi connectivity index (χ1) is 8.06. The Hall–Kier alpha value is -1.27. The summed E-state index contributed by atoms with van der Waals surface area (Å²) in [5.74, 6) is 1.36. The molecule has 0 aromatic carbocycles. The van der Waals surface area contributed by atoms with Crippen LogP contribution in [0.3, 0.4) is 0 Å². The Morgan fingerprint density at radius 1 is 1.47 bits per heavy atom. The van der Waals surface area contributed by atoms with Crippen LogP contribution < -0.4 is 5.73 Å². The number of nitrogens with zero attached hydrogens (tertiary/aromatic N) is 3. The van der Waals surface area contributed by atoms with Crippen molar-refractivity contribution in [2.45, 2.75) is 6.54 Å². The van der Waals surface area contributed by atoms with Crippen molar-refractivity contribution in [2.24, 2.45) is 0 Å². The van der Waals surface area contributed by atoms with Crippen LogP contribution in [0.1, 0.15) is 0 Å². The van der Waals surface area contributed by atoms with Gasteiger partial charge in [0.05, 0.1) is 6.54 Å². The van der Waals surface area contributed by atoms with E-state index < -0.39 is 0 Å². The van der Waals surface area contributed by atoms with Crippen molar-refractivity contribution >= 4 is 21.7 Å². The molecule has 0 aliphatic carbocycles. The largest absolute Gasteiger partial charge is 0.448 e. The lowest BCUT2D eigenvalue weighted by atomic mass is 10.3. The van der Waals surface area contributed by atoms with E-state index in [9.17, 15) is 0 Å². The van der Waals surface area contributed by atoms with Crippen molar-refractivity contribution in [3.8, 4) is 11.5 Å². The van der Waals surface area contributed by atoms with Gasteiger partial charge in [0.2, 0.25) is 0 Å². The molecule has 2 N–H and O–H groups in total. The SMILES string of the molecule is CN(C)CCn1nc(-c2ccc(Br)o2)cc1N. The van der Waals surface area contributed by atoms with Gasteiger partial charge in [-0.2, -0.15) is 5.10 Å². The Labute approximate surface area is 108 Å². The van der Waals surface area contributed by atoms with Crippen LogP contribution in [0, 0.1) is 0 Å². The average Bonchev–Trinajstić information content (AvgIpc) is 2.82. The van der Waals surface area contributed by atoms with Crippen LogP contribution in [0.15, 0.2) is 27.3 Å². The molecule has 0 aliphatic heterocycles. The van der Waals surface area contributed by atoms with Crippen molar-refractivity contribution in [3.05, 3.63) is 22.9 Å². The number of nitrogens with two attached hydrogens (primary N) is 1. The van der Waals surface area contributed by atoms with Gasteiger partial charge < -0.3 is 15.1 Å². The smallest absolute Gasteiger partial charge is 0.169 e. The second-order valence-corrected chi connectivity index (χ2v) is 4.87. The topological polar surface area (TPSA) is 60.2 Å². The Balaban J connectivity index is 2.18. The molecule has 0 saturated carbocycles. The minimum Gasteiger partial charge on any atom is -0.448 e. The standard InChI is InChI=1S/C11H15BrN4O/c1-15(2)5-6-16-11(13)7-8(14-16)9-3-4-10(12)17-9/h3-4,7H,5-6,13H2,1-2H3. The van der Waals surface area contributed by atoms with Gasteiger partial charge in [-0.25, -0.2) is 4.68 Å². The number of hydrogen-bond acceptors (Lipinski definition) is 4. The third-order valence-electron chi connectivity index (χ3n) is 2.40. The maximum atomic E-state index is 5.90. The van der Waals surface area contributed by atoms with Gasteiger partial charge in [-0.15, -0.1) is 0 Å². The summed E-state index contributed by atoms with van der Waals surface area (Å²) < 4.78 is 7.91. The summed E-state index contributed by atoms with van der Waals surface area (Å²) >= 11 is 3.27. The molecule has 2 rings (SSSR count). The summed E-state index contributed by atoms with van der Waals surface area (Å²) in [4.78, 5) is 2.09. The van der Waals surface area contributed by atoms with Crippen LogP contribution in [0.4, 0.5) is 5.82 Å². The van der Waals surface area contributed by atoms with Gasteiger partial charge in [-0.05, 0) is 42.2 Å². The highest BCUT2D eigenvalue weighted by Gasteiger charge is 2.10. The lowest BCUT2D eigenvalue weighted by Gasteiger charge is -2.09. The molecular formula is C11H15BrN4O. The van der Waals surface area contributed by atoms with Crippen molar-refractivity contribution < 1.29 is 4.42 Å². The quantitative estimate of drug-likeness (QED) is 0.938. The summed E-state index contributed by atoms with van der Waals surface area (Å²) in [6, 6.07) is 5.52. The van der Waals surface area contributed by atoms with E-state index in [1.165, 1.54) is 0 Å². The summed E-state index contributed by atoms with van der Waals surface area (Å²) in [5.41, 5.74) is 6.66. The molecule has 5 nitrogen and oxygen atoms in total. The molecule has 0 fully saturated rings. The highest BCUT2D eigenvalue weighted by molar-refractivity contribution is 9.10. The normalized spacial score (nSPS) is 11.3. The van der Waals surface area contributed by atoms with Gasteiger partial charge in [-0.3, -0.25) is 0 Å². The first-order valence-electron chi connectivity index (χ1n) is 5.30. The van der Waals surface area contributed by atoms with Gasteiger partial charge in [-0.1, -0.05) is 0 Å². The van der Waals surface area contributed by atoms with E-state index in [1.54, 1.807) is 4.68 Å². The molecule has 0 saturated heterocycles. The molecule has 0 aliphatic rings. The summed E-state index contributed by atoms with van der Waals surface area (Å²) in [6.45, 7) is 1.66. The average molecular weight is 299 g/mol. The third kappa shape index (κ3) is 2.89. The molecule has 92 valence electrons. The molecular weight excluding hydrogens is 284 g/mol. The number of aromatic nitrogens is 2. The van der Waals surface area contributed by atoms with Crippen molar-refractivity contribution in [2.75, 3.05) is 26.4 Å². The fourth-order valence-electron chi connectivity index (χ4n) is 1.48. The number of likely N-dealkylation sites (N-methyl/N-ethyl adjacent to an activating group) is 1. The van der Waals surface area contributed by atoms with E-state index in [1.807, 2.05) is 32.3 Å². The number of rotatable bonds is 4. The van der Waals surface area contributed by atoms with E-state index in [2.05, 4.69) is 25.9 Å². The molecule has 2 aromatic rings. The molecule has 0 bridgehead atoms. The van der Waals surface area contributed by atoms with E-state index in [4.69, 9.17) is 10.2 Å². The number of nitrogen functional groups attached to an aromatic ring is 1. The predicted octanol–water partition coefficient (Wildman–Crippen LogP) is 2.05. The summed E-state index contributed by atoms with van der Waals surface area (Å²) in [5, 5.41) is 4.42. The number of furan rings is 1. The highest BCUT2D eigenvalue weighted by atomic mass is 79.9. The fraction of sp³-hybridized carbons (Fsp3) is 0.364. The van der Waals surface area contributed by atoms with Gasteiger partial charge in [0.25, 0.3) is 0 Å². The van der Waals surface area contributed by atoms with Crippen LogP contribution >= 0.6 is 15.9 Å². The van der Waals surface area contributed by atoms with Crippen LogP contribution in [0.2, 0.25) is 0 Å². The second kappa shape index (κ2) is 4.93. The number of halogens is 1. The molecule has 0 radical (unpaired) electrons. The number of anilines is 1. The molecule has 0 amide bonds. The lowest BCUT2D eigenvalue weighted by Crippen LogP contribution is -2.19. The minimum absolute atomic E-state index is 0.648. The zero-order chi connectivity index (χ0) is 12.4. The Bertz CT molecular complexity index is 503. The van der Waals surface area contributed by atoms with E-state index >= 15 is 0 Å². The first kappa shape index (κ1) is 12.2. The highest BCUT2D eigenvalue weighted by Crippen LogP contribution is 2.25. The molecule has 2 aromatic heterocycles.